The minimum atomic E-state index is -4.54. The highest BCUT2D eigenvalue weighted by Gasteiger charge is 2.30. The predicted molar refractivity (Wildman–Crippen MR) is 133 cm³/mol. The van der Waals surface area contributed by atoms with Crippen molar-refractivity contribution in [3.63, 3.8) is 0 Å². The van der Waals surface area contributed by atoms with E-state index in [2.05, 4.69) is 25.3 Å². The Bertz CT molecular complexity index is 1460. The minimum absolute atomic E-state index is 0.251. The molecule has 0 fully saturated rings. The second-order valence-corrected chi connectivity index (χ2v) is 9.69. The highest BCUT2D eigenvalue weighted by molar-refractivity contribution is 7.92. The molecule has 0 radical (unpaired) electrons. The average molecular weight is 514 g/mol. The first-order chi connectivity index (χ1) is 17.0. The molecule has 4 aromatic rings. The molecular formula is C25H22F3N5O2S. The van der Waals surface area contributed by atoms with Crippen molar-refractivity contribution in [3.8, 4) is 0 Å². The molecule has 7 nitrogen and oxygen atoms in total. The van der Waals surface area contributed by atoms with E-state index in [1.807, 2.05) is 31.2 Å². The molecule has 0 bridgehead atoms. The fourth-order valence-corrected chi connectivity index (χ4v) is 4.35. The number of sulfonamides is 1. The largest absolute Gasteiger partial charge is 0.416 e. The summed E-state index contributed by atoms with van der Waals surface area (Å²) in [6, 6.07) is 19.3. The molecular weight excluding hydrogens is 491 g/mol. The summed E-state index contributed by atoms with van der Waals surface area (Å²) < 4.78 is 65.7. The number of nitrogens with one attached hydrogen (secondary N) is 3. The summed E-state index contributed by atoms with van der Waals surface area (Å²) in [4.78, 5) is 8.50. The second-order valence-electron chi connectivity index (χ2n) is 8.01. The lowest BCUT2D eigenvalue weighted by atomic mass is 10.2. The van der Waals surface area contributed by atoms with Gasteiger partial charge >= 0.3 is 6.18 Å². The Morgan fingerprint density at radius 2 is 1.17 bits per heavy atom. The molecule has 1 heterocycles. The zero-order valence-corrected chi connectivity index (χ0v) is 20.1. The zero-order valence-electron chi connectivity index (χ0n) is 19.3. The monoisotopic (exact) mass is 513 g/mol. The molecule has 0 aliphatic rings. The Labute approximate surface area is 206 Å². The van der Waals surface area contributed by atoms with E-state index in [1.54, 1.807) is 25.1 Å². The summed E-state index contributed by atoms with van der Waals surface area (Å²) in [7, 11) is -4.06. The molecule has 0 aliphatic heterocycles. The molecule has 1 aromatic heterocycles. The molecule has 3 aromatic carbocycles. The van der Waals surface area contributed by atoms with Gasteiger partial charge in [-0.1, -0.05) is 17.7 Å². The van der Waals surface area contributed by atoms with Gasteiger partial charge in [0.2, 0.25) is 0 Å². The number of benzene rings is 3. The molecule has 11 heteroatoms. The normalized spacial score (nSPS) is 11.7. The maximum absolute atomic E-state index is 12.7. The van der Waals surface area contributed by atoms with Crippen LogP contribution in [-0.4, -0.2) is 18.4 Å². The quantitative estimate of drug-likeness (QED) is 0.265. The van der Waals surface area contributed by atoms with E-state index in [1.165, 1.54) is 12.1 Å². The number of halogens is 3. The predicted octanol–water partition coefficient (Wildman–Crippen LogP) is 6.40. The number of hydrogen-bond acceptors (Lipinski definition) is 6. The highest BCUT2D eigenvalue weighted by atomic mass is 32.2. The van der Waals surface area contributed by atoms with Crippen LogP contribution in [0.4, 0.5) is 41.9 Å². The molecule has 0 unspecified atom stereocenters. The zero-order chi connectivity index (χ0) is 25.9. The first-order valence-corrected chi connectivity index (χ1v) is 12.2. The molecule has 4 rings (SSSR count). The number of hydrogen-bond donors (Lipinski definition) is 3. The Hall–Kier alpha value is -4.12. The van der Waals surface area contributed by atoms with E-state index in [0.717, 1.165) is 35.5 Å². The fourth-order valence-electron chi connectivity index (χ4n) is 3.29. The lowest BCUT2D eigenvalue weighted by molar-refractivity contribution is -0.137. The van der Waals surface area contributed by atoms with Crippen molar-refractivity contribution in [2.45, 2.75) is 24.9 Å². The lowest BCUT2D eigenvalue weighted by Crippen LogP contribution is -2.13. The van der Waals surface area contributed by atoms with Crippen molar-refractivity contribution in [3.05, 3.63) is 95.8 Å². The third kappa shape index (κ3) is 6.30. The number of rotatable bonds is 7. The van der Waals surface area contributed by atoms with Gasteiger partial charge in [0.1, 0.15) is 17.5 Å². The van der Waals surface area contributed by atoms with Crippen LogP contribution in [0.1, 0.15) is 17.0 Å². The van der Waals surface area contributed by atoms with Gasteiger partial charge in [-0.3, -0.25) is 4.72 Å². The van der Waals surface area contributed by atoms with E-state index in [0.29, 0.717) is 23.1 Å². The number of alkyl halides is 3. The highest BCUT2D eigenvalue weighted by Crippen LogP contribution is 2.30. The van der Waals surface area contributed by atoms with E-state index >= 15 is 0 Å². The van der Waals surface area contributed by atoms with Gasteiger partial charge in [-0.05, 0) is 74.5 Å². The summed E-state index contributed by atoms with van der Waals surface area (Å²) in [5.41, 5.74) is 2.00. The summed E-state index contributed by atoms with van der Waals surface area (Å²) in [6.07, 6.45) is -4.54. The van der Waals surface area contributed by atoms with Gasteiger partial charge in [0, 0.05) is 23.1 Å². The molecule has 0 spiro atoms. The minimum Gasteiger partial charge on any atom is -0.340 e. The smallest absolute Gasteiger partial charge is 0.340 e. The maximum Gasteiger partial charge on any atom is 0.416 e. The van der Waals surface area contributed by atoms with Crippen LogP contribution in [0, 0.1) is 13.8 Å². The van der Waals surface area contributed by atoms with E-state index < -0.39 is 21.8 Å². The Kier molecular flexibility index (Phi) is 6.84. The van der Waals surface area contributed by atoms with Crippen molar-refractivity contribution in [2.75, 3.05) is 15.4 Å². The van der Waals surface area contributed by atoms with Crippen molar-refractivity contribution in [2.24, 2.45) is 0 Å². The SMILES string of the molecule is Cc1ccc(Nc2cc(Nc3ccc(NS(=O)(=O)c4ccc(C(F)(F)F)cc4)cc3)nc(C)n2)cc1. The topological polar surface area (TPSA) is 96.0 Å². The first kappa shape index (κ1) is 25.0. The third-order valence-corrected chi connectivity index (χ3v) is 6.46. The standard InChI is InChI=1S/C25H22F3N5O2S/c1-16-3-7-19(8-4-16)31-23-15-24(30-17(2)29-23)32-20-9-11-21(12-10-20)33-36(34,35)22-13-5-18(6-14-22)25(26,27)28/h3-15,33H,1-2H3,(H2,29,30,31,32). The van der Waals surface area contributed by atoms with Crippen LogP contribution in [-0.2, 0) is 16.2 Å². The van der Waals surface area contributed by atoms with Gasteiger partial charge in [-0.25, -0.2) is 18.4 Å². The Balaban J connectivity index is 1.44. The van der Waals surface area contributed by atoms with Gasteiger partial charge in [0.05, 0.1) is 10.5 Å². The molecule has 3 N–H and O–H groups in total. The number of anilines is 5. The van der Waals surface area contributed by atoms with Gasteiger partial charge in [-0.15, -0.1) is 0 Å². The second kappa shape index (κ2) is 9.86. The molecule has 0 saturated heterocycles. The molecule has 186 valence electrons. The van der Waals surface area contributed by atoms with Crippen LogP contribution >= 0.6 is 0 Å². The van der Waals surface area contributed by atoms with Gasteiger partial charge in [0.25, 0.3) is 10.0 Å². The van der Waals surface area contributed by atoms with Gasteiger partial charge in [-0.2, -0.15) is 13.2 Å². The molecule has 0 atom stereocenters. The average Bonchev–Trinajstić information content (AvgIpc) is 2.81. The lowest BCUT2D eigenvalue weighted by Gasteiger charge is -2.12. The maximum atomic E-state index is 12.7. The van der Waals surface area contributed by atoms with Crippen LogP contribution < -0.4 is 15.4 Å². The molecule has 0 amide bonds. The van der Waals surface area contributed by atoms with Gasteiger partial charge < -0.3 is 10.6 Å². The number of nitrogens with zero attached hydrogens (tertiary/aromatic N) is 2. The summed E-state index contributed by atoms with van der Waals surface area (Å²) in [5, 5.41) is 6.38. The summed E-state index contributed by atoms with van der Waals surface area (Å²) >= 11 is 0. The Morgan fingerprint density at radius 1 is 0.694 bits per heavy atom. The van der Waals surface area contributed by atoms with Crippen LogP contribution in [0.15, 0.2) is 83.8 Å². The third-order valence-electron chi connectivity index (χ3n) is 5.06. The molecule has 36 heavy (non-hydrogen) atoms. The molecule has 0 saturated carbocycles. The first-order valence-electron chi connectivity index (χ1n) is 10.7. The van der Waals surface area contributed by atoms with Crippen LogP contribution in [0.5, 0.6) is 0 Å². The van der Waals surface area contributed by atoms with Crippen LogP contribution in [0.25, 0.3) is 0 Å². The van der Waals surface area contributed by atoms with E-state index in [9.17, 15) is 21.6 Å². The fraction of sp³-hybridized carbons (Fsp3) is 0.120. The van der Waals surface area contributed by atoms with Gasteiger partial charge in [0.15, 0.2) is 0 Å². The molecule has 0 aliphatic carbocycles. The van der Waals surface area contributed by atoms with E-state index in [-0.39, 0.29) is 10.6 Å². The number of aromatic nitrogens is 2. The van der Waals surface area contributed by atoms with Crippen molar-refractivity contribution in [1.29, 1.82) is 0 Å². The van der Waals surface area contributed by atoms with Crippen molar-refractivity contribution < 1.29 is 21.6 Å². The summed E-state index contributed by atoms with van der Waals surface area (Å²) in [6.45, 7) is 3.77. The van der Waals surface area contributed by atoms with E-state index in [4.69, 9.17) is 0 Å². The summed E-state index contributed by atoms with van der Waals surface area (Å²) in [5.74, 6) is 1.69. The Morgan fingerprint density at radius 3 is 1.67 bits per heavy atom. The van der Waals surface area contributed by atoms with Crippen LogP contribution in [0.2, 0.25) is 0 Å². The van der Waals surface area contributed by atoms with Crippen molar-refractivity contribution >= 4 is 38.7 Å². The number of aryl methyl sites for hydroxylation is 2. The van der Waals surface area contributed by atoms with Crippen molar-refractivity contribution in [1.82, 2.24) is 9.97 Å². The van der Waals surface area contributed by atoms with Crippen LogP contribution in [0.3, 0.4) is 0 Å².